The average Bonchev–Trinajstić information content (AvgIpc) is 2.29. The highest BCUT2D eigenvalue weighted by Gasteiger charge is 2.32. The minimum absolute atomic E-state index is 0.589. The van der Waals surface area contributed by atoms with Gasteiger partial charge in [0, 0.05) is 6.20 Å². The first-order valence-electron chi connectivity index (χ1n) is 3.01. The smallest absolute Gasteiger partial charge is 0.167 e. The van der Waals surface area contributed by atoms with Gasteiger partial charge in [0.25, 0.3) is 0 Å². The van der Waals surface area contributed by atoms with Crippen LogP contribution in [0.1, 0.15) is 5.56 Å². The molecule has 1 aliphatic heterocycles. The number of anilines is 1. The summed E-state index contributed by atoms with van der Waals surface area (Å²) in [6.07, 6.45) is 3.17. The molecule has 1 atom stereocenters. The minimum Gasteiger partial charge on any atom is -0.303 e. The summed E-state index contributed by atoms with van der Waals surface area (Å²) in [6, 6.07) is 0. The lowest BCUT2D eigenvalue weighted by Crippen LogP contribution is -2.41. The molecule has 1 aliphatic rings. The van der Waals surface area contributed by atoms with Crippen LogP contribution in [0.2, 0.25) is 0 Å². The fourth-order valence-corrected chi connectivity index (χ4v) is 1.44. The van der Waals surface area contributed by atoms with Crippen molar-refractivity contribution >= 4 is 28.4 Å². The number of hydrazine groups is 1. The highest BCUT2D eigenvalue weighted by Crippen LogP contribution is 2.31. The molecule has 0 amide bonds. The van der Waals surface area contributed by atoms with E-state index in [9.17, 15) is 0 Å². The second-order valence-electron chi connectivity index (χ2n) is 2.25. The summed E-state index contributed by atoms with van der Waals surface area (Å²) >= 11 is 2.08. The predicted octanol–water partition coefficient (Wildman–Crippen LogP) is -0.0893. The Labute approximate surface area is 76.9 Å². The Hall–Kier alpha value is -0.470. The lowest BCUT2D eigenvalue weighted by molar-refractivity contribution is 0.622. The normalized spacial score (nSPS) is 27.8. The zero-order chi connectivity index (χ0) is 7.90. The van der Waals surface area contributed by atoms with E-state index in [0.29, 0.717) is 0 Å². The van der Waals surface area contributed by atoms with Crippen LogP contribution in [0.3, 0.4) is 0 Å². The topological polar surface area (TPSA) is 75.9 Å². The standard InChI is InChI=1S/C5H6IN5/c6-5(7)3-1-8-2-9-4(3)10-11-5/h1-2,11H,7H2,(H,8,9,10). The van der Waals surface area contributed by atoms with Crippen LogP contribution in [0.5, 0.6) is 0 Å². The van der Waals surface area contributed by atoms with Gasteiger partial charge in [-0.05, 0) is 22.6 Å². The molecular weight excluding hydrogens is 257 g/mol. The van der Waals surface area contributed by atoms with E-state index in [1.165, 1.54) is 6.33 Å². The van der Waals surface area contributed by atoms with Crippen LogP contribution in [0, 0.1) is 0 Å². The molecular formula is C5H6IN5. The average molecular weight is 263 g/mol. The number of hydrogen-bond donors (Lipinski definition) is 3. The van der Waals surface area contributed by atoms with Gasteiger partial charge in [-0.15, -0.1) is 0 Å². The van der Waals surface area contributed by atoms with Crippen LogP contribution in [0.15, 0.2) is 12.5 Å². The summed E-state index contributed by atoms with van der Waals surface area (Å²) in [6.45, 7) is 0. The van der Waals surface area contributed by atoms with Gasteiger partial charge >= 0.3 is 0 Å². The number of nitrogens with zero attached hydrogens (tertiary/aromatic N) is 2. The zero-order valence-electron chi connectivity index (χ0n) is 5.50. The van der Waals surface area contributed by atoms with Gasteiger partial charge in [0.2, 0.25) is 0 Å². The first-order valence-corrected chi connectivity index (χ1v) is 4.09. The molecule has 4 N–H and O–H groups in total. The Balaban J connectivity index is 2.56. The maximum Gasteiger partial charge on any atom is 0.167 e. The molecule has 1 aromatic heterocycles. The number of rotatable bonds is 0. The van der Waals surface area contributed by atoms with E-state index in [4.69, 9.17) is 5.73 Å². The van der Waals surface area contributed by atoms with Crippen molar-refractivity contribution in [3.05, 3.63) is 18.1 Å². The van der Waals surface area contributed by atoms with E-state index in [-0.39, 0.29) is 0 Å². The van der Waals surface area contributed by atoms with E-state index in [2.05, 4.69) is 43.4 Å². The molecule has 0 bridgehead atoms. The molecule has 0 saturated heterocycles. The Morgan fingerprint density at radius 2 is 2.45 bits per heavy atom. The number of hydrogen-bond acceptors (Lipinski definition) is 5. The van der Waals surface area contributed by atoms with Gasteiger partial charge < -0.3 is 5.43 Å². The molecule has 2 rings (SSSR count). The van der Waals surface area contributed by atoms with Crippen LogP contribution in [-0.2, 0) is 3.67 Å². The van der Waals surface area contributed by atoms with E-state index < -0.39 is 3.67 Å². The molecule has 58 valence electrons. The molecule has 6 heteroatoms. The van der Waals surface area contributed by atoms with Crippen molar-refractivity contribution in [2.45, 2.75) is 3.67 Å². The van der Waals surface area contributed by atoms with Crippen molar-refractivity contribution in [3.8, 4) is 0 Å². The Kier molecular flexibility index (Phi) is 1.48. The summed E-state index contributed by atoms with van der Waals surface area (Å²) in [5, 5.41) is 0. The summed E-state index contributed by atoms with van der Waals surface area (Å²) in [5.74, 6) is 0.747. The van der Waals surface area contributed by atoms with Crippen molar-refractivity contribution in [1.29, 1.82) is 0 Å². The quantitative estimate of drug-likeness (QED) is 0.346. The van der Waals surface area contributed by atoms with Gasteiger partial charge in [-0.3, -0.25) is 5.73 Å². The third-order valence-corrected chi connectivity index (χ3v) is 2.32. The summed E-state index contributed by atoms with van der Waals surface area (Å²) < 4.78 is -0.589. The fraction of sp³-hybridized carbons (Fsp3) is 0.200. The van der Waals surface area contributed by atoms with Crippen molar-refractivity contribution in [1.82, 2.24) is 15.4 Å². The van der Waals surface area contributed by atoms with Crippen LogP contribution in [-0.4, -0.2) is 9.97 Å². The molecule has 0 aliphatic carbocycles. The van der Waals surface area contributed by atoms with Gasteiger partial charge in [0.1, 0.15) is 6.33 Å². The van der Waals surface area contributed by atoms with Crippen molar-refractivity contribution in [2.24, 2.45) is 5.73 Å². The predicted molar refractivity (Wildman–Crippen MR) is 48.7 cm³/mol. The van der Waals surface area contributed by atoms with Crippen LogP contribution in [0.4, 0.5) is 5.82 Å². The summed E-state index contributed by atoms with van der Waals surface area (Å²) in [4.78, 5) is 7.86. The number of alkyl halides is 1. The van der Waals surface area contributed by atoms with E-state index in [1.54, 1.807) is 6.20 Å². The first kappa shape index (κ1) is 7.19. The van der Waals surface area contributed by atoms with Gasteiger partial charge in [-0.1, -0.05) is 0 Å². The van der Waals surface area contributed by atoms with E-state index in [0.717, 1.165) is 11.4 Å². The van der Waals surface area contributed by atoms with Crippen molar-refractivity contribution in [2.75, 3.05) is 5.43 Å². The number of nitrogens with two attached hydrogens (primary N) is 1. The highest BCUT2D eigenvalue weighted by atomic mass is 127. The molecule has 0 spiro atoms. The molecule has 2 heterocycles. The highest BCUT2D eigenvalue weighted by molar-refractivity contribution is 14.1. The third kappa shape index (κ3) is 1.06. The summed E-state index contributed by atoms with van der Waals surface area (Å²) in [5.41, 5.74) is 12.4. The molecule has 0 fully saturated rings. The number of halogens is 1. The van der Waals surface area contributed by atoms with Gasteiger partial charge in [-0.2, -0.15) is 0 Å². The second kappa shape index (κ2) is 2.26. The fourth-order valence-electron chi connectivity index (χ4n) is 0.913. The van der Waals surface area contributed by atoms with Crippen LogP contribution in [0.25, 0.3) is 0 Å². The first-order chi connectivity index (χ1) is 5.20. The molecule has 0 radical (unpaired) electrons. The monoisotopic (exact) mass is 263 g/mol. The maximum absolute atomic E-state index is 5.82. The molecule has 11 heavy (non-hydrogen) atoms. The molecule has 1 aromatic rings. The molecule has 0 aromatic carbocycles. The van der Waals surface area contributed by atoms with Crippen LogP contribution >= 0.6 is 22.6 Å². The Morgan fingerprint density at radius 1 is 1.64 bits per heavy atom. The van der Waals surface area contributed by atoms with Crippen LogP contribution < -0.4 is 16.6 Å². The van der Waals surface area contributed by atoms with Crippen molar-refractivity contribution < 1.29 is 0 Å². The second-order valence-corrected chi connectivity index (χ2v) is 3.95. The number of aromatic nitrogens is 2. The number of nitrogens with one attached hydrogen (secondary N) is 2. The van der Waals surface area contributed by atoms with Gasteiger partial charge in [0.05, 0.1) is 5.56 Å². The lowest BCUT2D eigenvalue weighted by Gasteiger charge is -2.13. The molecule has 1 unspecified atom stereocenters. The Morgan fingerprint density at radius 3 is 3.18 bits per heavy atom. The van der Waals surface area contributed by atoms with Crippen molar-refractivity contribution in [3.63, 3.8) is 0 Å². The number of fused-ring (bicyclic) bond motifs is 1. The minimum atomic E-state index is -0.589. The van der Waals surface area contributed by atoms with Gasteiger partial charge in [-0.25, -0.2) is 15.4 Å². The maximum atomic E-state index is 5.82. The third-order valence-electron chi connectivity index (χ3n) is 1.47. The summed E-state index contributed by atoms with van der Waals surface area (Å²) in [7, 11) is 0. The van der Waals surface area contributed by atoms with Gasteiger partial charge in [0.15, 0.2) is 9.49 Å². The lowest BCUT2D eigenvalue weighted by atomic mass is 10.3. The Bertz CT molecular complexity index is 286. The van der Waals surface area contributed by atoms with E-state index in [1.807, 2.05) is 0 Å². The molecule has 5 nitrogen and oxygen atoms in total. The largest absolute Gasteiger partial charge is 0.303 e. The zero-order valence-corrected chi connectivity index (χ0v) is 7.66. The molecule has 0 saturated carbocycles. The van der Waals surface area contributed by atoms with E-state index >= 15 is 0 Å². The SMILES string of the molecule is NC1(I)NNc2ncncc21.